The molecule has 0 aromatic rings. The number of carboxylic acids is 1. The lowest BCUT2D eigenvalue weighted by atomic mass is 10.1. The van der Waals surface area contributed by atoms with E-state index in [-0.39, 0.29) is 18.2 Å². The number of nitrogens with zero attached hydrogens (tertiary/aromatic N) is 1. The lowest BCUT2D eigenvalue weighted by molar-refractivity contribution is -0.137. The van der Waals surface area contributed by atoms with E-state index in [1.54, 1.807) is 11.9 Å². The third-order valence-electron chi connectivity index (χ3n) is 4.38. The van der Waals surface area contributed by atoms with Crippen molar-refractivity contribution >= 4 is 24.1 Å². The van der Waals surface area contributed by atoms with Crippen molar-refractivity contribution < 1.29 is 24.3 Å². The van der Waals surface area contributed by atoms with E-state index in [2.05, 4.69) is 12.2 Å². The zero-order valence-corrected chi connectivity index (χ0v) is 19.5. The van der Waals surface area contributed by atoms with Crippen LogP contribution in [-0.4, -0.2) is 53.7 Å². The minimum absolute atomic E-state index is 0.124. The molecule has 0 aliphatic carbocycles. The van der Waals surface area contributed by atoms with Crippen molar-refractivity contribution in [3.05, 3.63) is 23.3 Å². The van der Waals surface area contributed by atoms with Crippen molar-refractivity contribution in [2.45, 2.75) is 85.6 Å². The van der Waals surface area contributed by atoms with E-state index in [4.69, 9.17) is 5.11 Å². The van der Waals surface area contributed by atoms with Crippen LogP contribution in [0.3, 0.4) is 0 Å². The molecular weight excluding hydrogens is 384 g/mol. The number of aliphatic carboxylic acids is 1. The summed E-state index contributed by atoms with van der Waals surface area (Å²) in [5.41, 5.74) is 1.63. The average molecular weight is 425 g/mol. The van der Waals surface area contributed by atoms with Crippen LogP contribution < -0.4 is 5.32 Å². The van der Waals surface area contributed by atoms with Crippen molar-refractivity contribution in [2.75, 3.05) is 13.6 Å². The molecule has 1 rings (SSSR count). The molecule has 7 nitrogen and oxygen atoms in total. The fourth-order valence-electron chi connectivity index (χ4n) is 2.69. The van der Waals surface area contributed by atoms with Gasteiger partial charge in [0.25, 0.3) is 5.91 Å². The van der Waals surface area contributed by atoms with E-state index >= 15 is 0 Å². The molecule has 1 aliphatic heterocycles. The van der Waals surface area contributed by atoms with Crippen LogP contribution in [0.2, 0.25) is 0 Å². The fourth-order valence-corrected chi connectivity index (χ4v) is 2.69. The molecule has 0 aromatic carbocycles. The third-order valence-corrected chi connectivity index (χ3v) is 4.38. The highest BCUT2D eigenvalue weighted by atomic mass is 16.4. The van der Waals surface area contributed by atoms with E-state index < -0.39 is 12.0 Å². The number of aldehydes is 1. The minimum atomic E-state index is -0.682. The van der Waals surface area contributed by atoms with Crippen molar-refractivity contribution in [1.82, 2.24) is 10.2 Å². The molecule has 1 heterocycles. The molecule has 0 saturated carbocycles. The first-order valence-corrected chi connectivity index (χ1v) is 10.9. The second-order valence-electron chi connectivity index (χ2n) is 6.70. The fraction of sp³-hybridized carbons (Fsp3) is 0.652. The Bertz CT molecular complexity index is 596. The molecule has 0 spiro atoms. The smallest absolute Gasteiger partial charge is 0.303 e. The Labute approximate surface area is 181 Å². The number of hydrogen-bond donors (Lipinski definition) is 2. The summed E-state index contributed by atoms with van der Waals surface area (Å²) in [6.45, 7) is 10.4. The van der Waals surface area contributed by atoms with Gasteiger partial charge < -0.3 is 20.1 Å². The molecule has 0 bridgehead atoms. The Kier molecular flexibility index (Phi) is 18.4. The summed E-state index contributed by atoms with van der Waals surface area (Å²) >= 11 is 0. The quantitative estimate of drug-likeness (QED) is 0.387. The van der Waals surface area contributed by atoms with Gasteiger partial charge in [-0.15, -0.1) is 0 Å². The number of allylic oxidation sites excluding steroid dienone is 1. The van der Waals surface area contributed by atoms with Gasteiger partial charge in [-0.25, -0.2) is 0 Å². The van der Waals surface area contributed by atoms with E-state index in [0.717, 1.165) is 37.5 Å². The predicted molar refractivity (Wildman–Crippen MR) is 120 cm³/mol. The number of unbranched alkanes of at least 4 members (excludes halogenated alkanes) is 2. The first-order valence-electron chi connectivity index (χ1n) is 10.9. The van der Waals surface area contributed by atoms with Crippen LogP contribution >= 0.6 is 0 Å². The van der Waals surface area contributed by atoms with Crippen molar-refractivity contribution in [2.24, 2.45) is 0 Å². The Morgan fingerprint density at radius 2 is 1.83 bits per heavy atom. The number of rotatable bonds is 11. The first kappa shape index (κ1) is 29.8. The molecule has 0 fully saturated rings. The summed E-state index contributed by atoms with van der Waals surface area (Å²) < 4.78 is 0. The molecule has 30 heavy (non-hydrogen) atoms. The lowest BCUT2D eigenvalue weighted by Gasteiger charge is -2.23. The summed E-state index contributed by atoms with van der Waals surface area (Å²) in [5.74, 6) is -0.932. The zero-order chi connectivity index (χ0) is 23.5. The maximum atomic E-state index is 12.3. The van der Waals surface area contributed by atoms with Gasteiger partial charge in [0.1, 0.15) is 6.29 Å². The molecule has 2 N–H and O–H groups in total. The van der Waals surface area contributed by atoms with Gasteiger partial charge in [-0.1, -0.05) is 52.7 Å². The van der Waals surface area contributed by atoms with Crippen molar-refractivity contribution in [1.29, 1.82) is 0 Å². The van der Waals surface area contributed by atoms with Crippen LogP contribution in [0.1, 0.15) is 79.6 Å². The van der Waals surface area contributed by atoms with Crippen LogP contribution in [0, 0.1) is 0 Å². The van der Waals surface area contributed by atoms with Gasteiger partial charge in [0.2, 0.25) is 5.91 Å². The normalized spacial score (nSPS) is 13.9. The number of carbonyl (C=O) groups excluding carboxylic acids is 3. The maximum absolute atomic E-state index is 12.3. The van der Waals surface area contributed by atoms with Crippen molar-refractivity contribution in [3.63, 3.8) is 0 Å². The highest BCUT2D eigenvalue weighted by Gasteiger charge is 2.31. The number of amides is 2. The second kappa shape index (κ2) is 18.6. The van der Waals surface area contributed by atoms with Crippen LogP contribution in [0.25, 0.3) is 0 Å². The van der Waals surface area contributed by atoms with Gasteiger partial charge in [0.05, 0.1) is 6.04 Å². The van der Waals surface area contributed by atoms with Gasteiger partial charge in [-0.2, -0.15) is 0 Å². The molecular formula is C23H40N2O5. The number of carboxylic acid groups (broad SMARTS) is 1. The van der Waals surface area contributed by atoms with Gasteiger partial charge in [-0.3, -0.25) is 14.4 Å². The Balaban J connectivity index is 0. The van der Waals surface area contributed by atoms with Crippen LogP contribution in [0.15, 0.2) is 23.3 Å². The lowest BCUT2D eigenvalue weighted by Crippen LogP contribution is -2.39. The van der Waals surface area contributed by atoms with Crippen LogP contribution in [0.5, 0.6) is 0 Å². The molecule has 0 saturated heterocycles. The summed E-state index contributed by atoms with van der Waals surface area (Å²) in [5, 5.41) is 10.7. The number of nitrogens with one attached hydrogen (secondary N) is 1. The van der Waals surface area contributed by atoms with Gasteiger partial charge in [-0.05, 0) is 31.8 Å². The molecule has 0 radical (unpaired) electrons. The summed E-state index contributed by atoms with van der Waals surface area (Å²) in [6, 6.07) is -0.540. The van der Waals surface area contributed by atoms with Crippen LogP contribution in [0.4, 0.5) is 0 Å². The largest absolute Gasteiger partial charge is 0.481 e. The highest BCUT2D eigenvalue weighted by Crippen LogP contribution is 2.23. The first-order chi connectivity index (χ1) is 14.3. The molecule has 2 amide bonds. The summed E-state index contributed by atoms with van der Waals surface area (Å²) in [6.07, 6.45) is 9.23. The monoisotopic (exact) mass is 424 g/mol. The average Bonchev–Trinajstić information content (AvgIpc) is 3.02. The standard InChI is InChI=1S/C15H22N2O3.C6H12O2.C2H6/c1-4-5-6-13-11(2)9-17(15(13)20)12(10-18)7-8-14(19)16-3;1-2-3-4-5-6(7)8;1-2/h5-6,10,12H,4,7-9H2,1-3H3,(H,16,19);2-5H2,1H3,(H,7,8);1-2H3/b6-5-;;. The Morgan fingerprint density at radius 3 is 2.30 bits per heavy atom. The Hall–Kier alpha value is -2.44. The number of carbonyl (C=O) groups is 4. The summed E-state index contributed by atoms with van der Waals surface area (Å²) in [7, 11) is 1.55. The van der Waals surface area contributed by atoms with E-state index in [1.165, 1.54) is 0 Å². The minimum Gasteiger partial charge on any atom is -0.481 e. The highest BCUT2D eigenvalue weighted by molar-refractivity contribution is 6.00. The SMILES string of the molecule is CC.CC/C=C\C1=C(C)CN(C(C=O)CCC(=O)NC)C1=O.CCCCCC(=O)O. The van der Waals surface area contributed by atoms with Crippen LogP contribution in [-0.2, 0) is 19.2 Å². The van der Waals surface area contributed by atoms with E-state index in [0.29, 0.717) is 25.0 Å². The molecule has 1 unspecified atom stereocenters. The van der Waals surface area contributed by atoms with Gasteiger partial charge >= 0.3 is 5.97 Å². The van der Waals surface area contributed by atoms with Gasteiger partial charge in [0, 0.05) is 32.0 Å². The maximum Gasteiger partial charge on any atom is 0.303 e. The topological polar surface area (TPSA) is 104 Å². The molecule has 7 heteroatoms. The number of hydrogen-bond acceptors (Lipinski definition) is 4. The van der Waals surface area contributed by atoms with Gasteiger partial charge in [0.15, 0.2) is 0 Å². The predicted octanol–water partition coefficient (Wildman–Crippen LogP) is 3.88. The summed E-state index contributed by atoms with van der Waals surface area (Å²) in [4.78, 5) is 46.2. The zero-order valence-electron chi connectivity index (χ0n) is 19.5. The second-order valence-corrected chi connectivity index (χ2v) is 6.70. The molecule has 1 aliphatic rings. The molecule has 1 atom stereocenters. The molecule has 0 aromatic heterocycles. The molecule has 172 valence electrons. The van der Waals surface area contributed by atoms with E-state index in [1.807, 2.05) is 39.8 Å². The third kappa shape index (κ3) is 12.2. The van der Waals surface area contributed by atoms with Crippen molar-refractivity contribution in [3.8, 4) is 0 Å². The Morgan fingerprint density at radius 1 is 1.20 bits per heavy atom. The van der Waals surface area contributed by atoms with E-state index in [9.17, 15) is 19.2 Å².